The molecule has 0 radical (unpaired) electrons. The topological polar surface area (TPSA) is 42.7 Å². The summed E-state index contributed by atoms with van der Waals surface area (Å²) in [5.41, 5.74) is 0.215. The van der Waals surface area contributed by atoms with Gasteiger partial charge in [-0.2, -0.15) is 5.10 Å². The Balaban J connectivity index is 2.12. The first-order valence-electron chi connectivity index (χ1n) is 5.87. The Morgan fingerprint density at radius 2 is 2.16 bits per heavy atom. The summed E-state index contributed by atoms with van der Waals surface area (Å²) in [6, 6.07) is 2.05. The number of hydrogen-bond donors (Lipinski definition) is 1. The lowest BCUT2D eigenvalue weighted by Gasteiger charge is -2.10. The first kappa shape index (κ1) is 13.9. The van der Waals surface area contributed by atoms with E-state index in [2.05, 4.69) is 31.3 Å². The molecule has 0 saturated carbocycles. The average Bonchev–Trinajstić information content (AvgIpc) is 2.76. The fourth-order valence-corrected chi connectivity index (χ4v) is 2.25. The maximum Gasteiger partial charge on any atom is 0.150 e. The molecule has 1 N–H and O–H groups in total. The second-order valence-corrected chi connectivity index (χ2v) is 4.85. The van der Waals surface area contributed by atoms with Gasteiger partial charge in [-0.15, -0.1) is 0 Å². The van der Waals surface area contributed by atoms with Crippen molar-refractivity contribution in [3.05, 3.63) is 40.4 Å². The summed E-state index contributed by atoms with van der Waals surface area (Å²) in [6.07, 6.45) is 2.40. The van der Waals surface area contributed by atoms with Gasteiger partial charge in [-0.05, 0) is 28.4 Å². The van der Waals surface area contributed by atoms with Gasteiger partial charge in [-0.3, -0.25) is 0 Å². The van der Waals surface area contributed by atoms with Crippen molar-refractivity contribution in [3.8, 4) is 0 Å². The summed E-state index contributed by atoms with van der Waals surface area (Å²) >= 11 is 3.13. The standard InChI is InChI=1S/C12H13BrF2N4/c1-2-3-19-11(17-7-18-19)6-16-12-9(13)4-8(14)5-10(12)15/h4-5,7,16H,2-3,6H2,1H3. The summed E-state index contributed by atoms with van der Waals surface area (Å²) in [7, 11) is 0. The Hall–Kier alpha value is -1.50. The summed E-state index contributed by atoms with van der Waals surface area (Å²) in [5, 5.41) is 6.98. The minimum Gasteiger partial charge on any atom is -0.374 e. The van der Waals surface area contributed by atoms with Gasteiger partial charge in [0.1, 0.15) is 23.8 Å². The highest BCUT2D eigenvalue weighted by Crippen LogP contribution is 2.27. The molecular formula is C12H13BrF2N4. The Bertz CT molecular complexity index is 548. The molecule has 0 aliphatic carbocycles. The molecule has 2 rings (SSSR count). The zero-order valence-electron chi connectivity index (χ0n) is 10.3. The van der Waals surface area contributed by atoms with Crippen molar-refractivity contribution in [3.63, 3.8) is 0 Å². The van der Waals surface area contributed by atoms with Crippen molar-refractivity contribution in [2.75, 3.05) is 5.32 Å². The van der Waals surface area contributed by atoms with E-state index in [9.17, 15) is 8.78 Å². The third-order valence-corrected chi connectivity index (χ3v) is 3.19. The van der Waals surface area contributed by atoms with Crippen LogP contribution in [-0.2, 0) is 13.1 Å². The molecule has 0 aliphatic rings. The minimum absolute atomic E-state index is 0.215. The highest BCUT2D eigenvalue weighted by Gasteiger charge is 2.11. The van der Waals surface area contributed by atoms with E-state index in [1.165, 1.54) is 12.4 Å². The van der Waals surface area contributed by atoms with Crippen molar-refractivity contribution < 1.29 is 8.78 Å². The number of halogens is 3. The van der Waals surface area contributed by atoms with Crippen molar-refractivity contribution in [1.82, 2.24) is 14.8 Å². The Kier molecular flexibility index (Phi) is 4.47. The molecule has 7 heteroatoms. The van der Waals surface area contributed by atoms with Gasteiger partial charge in [0, 0.05) is 17.1 Å². The number of aromatic nitrogens is 3. The Labute approximate surface area is 118 Å². The zero-order valence-corrected chi connectivity index (χ0v) is 11.9. The number of anilines is 1. The third kappa shape index (κ3) is 3.28. The number of aryl methyl sites for hydroxylation is 1. The first-order valence-corrected chi connectivity index (χ1v) is 6.66. The van der Waals surface area contributed by atoms with E-state index in [0.717, 1.165) is 19.0 Å². The van der Waals surface area contributed by atoms with Crippen LogP contribution in [0, 0.1) is 11.6 Å². The molecule has 1 aromatic carbocycles. The lowest BCUT2D eigenvalue weighted by Crippen LogP contribution is -2.11. The van der Waals surface area contributed by atoms with E-state index in [1.54, 1.807) is 4.68 Å². The van der Waals surface area contributed by atoms with Crippen LogP contribution in [0.3, 0.4) is 0 Å². The molecular weight excluding hydrogens is 318 g/mol. The van der Waals surface area contributed by atoms with Crippen LogP contribution < -0.4 is 5.32 Å². The van der Waals surface area contributed by atoms with Crippen LogP contribution in [0.1, 0.15) is 19.2 Å². The smallest absolute Gasteiger partial charge is 0.150 e. The zero-order chi connectivity index (χ0) is 13.8. The molecule has 0 fully saturated rings. The van der Waals surface area contributed by atoms with Crippen LogP contribution in [0.15, 0.2) is 22.9 Å². The summed E-state index contributed by atoms with van der Waals surface area (Å²) in [4.78, 5) is 4.10. The molecule has 102 valence electrons. The molecule has 0 saturated heterocycles. The van der Waals surface area contributed by atoms with Crippen molar-refractivity contribution in [2.45, 2.75) is 26.4 Å². The van der Waals surface area contributed by atoms with Crippen molar-refractivity contribution >= 4 is 21.6 Å². The number of nitrogens with one attached hydrogen (secondary N) is 1. The van der Waals surface area contributed by atoms with Gasteiger partial charge in [0.2, 0.25) is 0 Å². The van der Waals surface area contributed by atoms with Gasteiger partial charge in [0.05, 0.1) is 12.2 Å². The monoisotopic (exact) mass is 330 g/mol. The van der Waals surface area contributed by atoms with Gasteiger partial charge in [0.25, 0.3) is 0 Å². The number of nitrogens with zero attached hydrogens (tertiary/aromatic N) is 3. The highest BCUT2D eigenvalue weighted by atomic mass is 79.9. The average molecular weight is 331 g/mol. The van der Waals surface area contributed by atoms with Gasteiger partial charge >= 0.3 is 0 Å². The summed E-state index contributed by atoms with van der Waals surface area (Å²) < 4.78 is 28.7. The summed E-state index contributed by atoms with van der Waals surface area (Å²) in [6.45, 7) is 3.11. The lowest BCUT2D eigenvalue weighted by molar-refractivity contribution is 0.570. The van der Waals surface area contributed by atoms with Crippen LogP contribution in [0.25, 0.3) is 0 Å². The third-order valence-electron chi connectivity index (χ3n) is 2.56. The van der Waals surface area contributed by atoms with Crippen LogP contribution in [0.5, 0.6) is 0 Å². The predicted octanol–water partition coefficient (Wildman–Crippen LogP) is 3.34. The Morgan fingerprint density at radius 1 is 1.37 bits per heavy atom. The van der Waals surface area contributed by atoms with E-state index in [4.69, 9.17) is 0 Å². The summed E-state index contributed by atoms with van der Waals surface area (Å²) in [5.74, 6) is -0.560. The van der Waals surface area contributed by atoms with Crippen LogP contribution in [-0.4, -0.2) is 14.8 Å². The number of benzene rings is 1. The van der Waals surface area contributed by atoms with E-state index in [0.29, 0.717) is 16.8 Å². The maximum atomic E-state index is 13.6. The molecule has 0 spiro atoms. The van der Waals surface area contributed by atoms with Gasteiger partial charge in [-0.25, -0.2) is 18.4 Å². The molecule has 0 atom stereocenters. The minimum atomic E-state index is -0.645. The molecule has 1 aromatic heterocycles. The Morgan fingerprint density at radius 3 is 2.84 bits per heavy atom. The SMILES string of the molecule is CCCn1ncnc1CNc1c(F)cc(F)cc1Br. The molecule has 2 aromatic rings. The molecule has 0 aliphatic heterocycles. The van der Waals surface area contributed by atoms with E-state index >= 15 is 0 Å². The second-order valence-electron chi connectivity index (χ2n) is 4.00. The van der Waals surface area contributed by atoms with E-state index in [-0.39, 0.29) is 5.69 Å². The molecule has 4 nitrogen and oxygen atoms in total. The molecule has 0 amide bonds. The van der Waals surface area contributed by atoms with Crippen molar-refractivity contribution in [1.29, 1.82) is 0 Å². The lowest BCUT2D eigenvalue weighted by atomic mass is 10.3. The molecule has 1 heterocycles. The normalized spacial score (nSPS) is 10.7. The molecule has 19 heavy (non-hydrogen) atoms. The van der Waals surface area contributed by atoms with Gasteiger partial charge < -0.3 is 5.32 Å². The maximum absolute atomic E-state index is 13.6. The quantitative estimate of drug-likeness (QED) is 0.914. The number of hydrogen-bond acceptors (Lipinski definition) is 3. The van der Waals surface area contributed by atoms with Crippen molar-refractivity contribution in [2.24, 2.45) is 0 Å². The van der Waals surface area contributed by atoms with Gasteiger partial charge in [-0.1, -0.05) is 6.92 Å². The molecule has 0 bridgehead atoms. The van der Waals surface area contributed by atoms with Crippen LogP contribution in [0.4, 0.5) is 14.5 Å². The fourth-order valence-electron chi connectivity index (χ4n) is 1.70. The second kappa shape index (κ2) is 6.10. The largest absolute Gasteiger partial charge is 0.374 e. The number of rotatable bonds is 5. The highest BCUT2D eigenvalue weighted by molar-refractivity contribution is 9.10. The van der Waals surface area contributed by atoms with Crippen LogP contribution >= 0.6 is 15.9 Å². The fraction of sp³-hybridized carbons (Fsp3) is 0.333. The van der Waals surface area contributed by atoms with Gasteiger partial charge in [0.15, 0.2) is 0 Å². The van der Waals surface area contributed by atoms with Crippen LogP contribution in [0.2, 0.25) is 0 Å². The van der Waals surface area contributed by atoms with E-state index in [1.807, 2.05) is 6.92 Å². The van der Waals surface area contributed by atoms with E-state index < -0.39 is 11.6 Å². The predicted molar refractivity (Wildman–Crippen MR) is 71.7 cm³/mol. The molecule has 0 unspecified atom stereocenters. The first-order chi connectivity index (χ1) is 9.11.